The summed E-state index contributed by atoms with van der Waals surface area (Å²) in [5.41, 5.74) is 1.79. The highest BCUT2D eigenvalue weighted by atomic mass is 19.1. The predicted octanol–water partition coefficient (Wildman–Crippen LogP) is 3.19. The monoisotopic (exact) mass is 369 g/mol. The van der Waals surface area contributed by atoms with Crippen LogP contribution in [0.25, 0.3) is 6.08 Å². The fourth-order valence-corrected chi connectivity index (χ4v) is 2.82. The SMILES string of the molecule is C[C@@H](OC(=O)C1=Cc2ccccc2OC1)C(=O)N(C)Cc1cccc(F)c1. The highest BCUT2D eigenvalue weighted by Crippen LogP contribution is 2.26. The van der Waals surface area contributed by atoms with Crippen LogP contribution in [0.4, 0.5) is 4.39 Å². The summed E-state index contributed by atoms with van der Waals surface area (Å²) in [5, 5.41) is 0. The lowest BCUT2D eigenvalue weighted by molar-refractivity contribution is -0.155. The van der Waals surface area contributed by atoms with Crippen LogP contribution in [0.3, 0.4) is 0 Å². The molecule has 2 aromatic carbocycles. The molecular weight excluding hydrogens is 349 g/mol. The number of ether oxygens (including phenoxy) is 2. The van der Waals surface area contributed by atoms with Gasteiger partial charge in [0.15, 0.2) is 6.10 Å². The molecule has 1 amide bonds. The Hall–Kier alpha value is -3.15. The van der Waals surface area contributed by atoms with E-state index >= 15 is 0 Å². The Morgan fingerprint density at radius 1 is 1.22 bits per heavy atom. The number of rotatable bonds is 5. The minimum absolute atomic E-state index is 0.0931. The van der Waals surface area contributed by atoms with Gasteiger partial charge in [0.2, 0.25) is 0 Å². The molecule has 0 saturated heterocycles. The third-order valence-electron chi connectivity index (χ3n) is 4.21. The second-order valence-electron chi connectivity index (χ2n) is 6.37. The summed E-state index contributed by atoms with van der Waals surface area (Å²) in [7, 11) is 1.58. The average molecular weight is 369 g/mol. The van der Waals surface area contributed by atoms with Crippen LogP contribution in [0.1, 0.15) is 18.1 Å². The highest BCUT2D eigenvalue weighted by molar-refractivity contribution is 5.96. The van der Waals surface area contributed by atoms with Crippen molar-refractivity contribution in [1.82, 2.24) is 4.90 Å². The summed E-state index contributed by atoms with van der Waals surface area (Å²) in [4.78, 5) is 26.2. The fraction of sp³-hybridized carbons (Fsp3) is 0.238. The molecule has 5 nitrogen and oxygen atoms in total. The van der Waals surface area contributed by atoms with Crippen LogP contribution in [0.2, 0.25) is 0 Å². The molecule has 1 atom stereocenters. The first-order valence-corrected chi connectivity index (χ1v) is 8.57. The lowest BCUT2D eigenvalue weighted by Gasteiger charge is -2.23. The minimum Gasteiger partial charge on any atom is -0.488 e. The number of nitrogens with zero attached hydrogens (tertiary/aromatic N) is 1. The van der Waals surface area contributed by atoms with Crippen LogP contribution in [-0.2, 0) is 20.9 Å². The number of hydrogen-bond acceptors (Lipinski definition) is 4. The molecule has 27 heavy (non-hydrogen) atoms. The van der Waals surface area contributed by atoms with Crippen LogP contribution >= 0.6 is 0 Å². The van der Waals surface area contributed by atoms with Crippen molar-refractivity contribution in [3.05, 3.63) is 71.0 Å². The van der Waals surface area contributed by atoms with Crippen molar-refractivity contribution >= 4 is 18.0 Å². The molecule has 0 radical (unpaired) electrons. The van der Waals surface area contributed by atoms with E-state index in [1.165, 1.54) is 24.0 Å². The first-order chi connectivity index (χ1) is 12.9. The lowest BCUT2D eigenvalue weighted by Crippen LogP contribution is -2.37. The zero-order chi connectivity index (χ0) is 19.4. The van der Waals surface area contributed by atoms with E-state index in [1.54, 1.807) is 25.3 Å². The van der Waals surface area contributed by atoms with E-state index in [0.29, 0.717) is 16.9 Å². The number of esters is 1. The second kappa shape index (κ2) is 8.03. The van der Waals surface area contributed by atoms with Gasteiger partial charge in [-0.05, 0) is 36.8 Å². The summed E-state index contributed by atoms with van der Waals surface area (Å²) < 4.78 is 24.1. The summed E-state index contributed by atoms with van der Waals surface area (Å²) in [6.45, 7) is 1.83. The van der Waals surface area contributed by atoms with Gasteiger partial charge < -0.3 is 14.4 Å². The Labute approximate surface area is 157 Å². The van der Waals surface area contributed by atoms with Crippen molar-refractivity contribution in [3.8, 4) is 5.75 Å². The molecule has 1 aliphatic heterocycles. The molecule has 0 spiro atoms. The van der Waals surface area contributed by atoms with Crippen molar-refractivity contribution in [2.24, 2.45) is 0 Å². The molecule has 1 aliphatic rings. The maximum atomic E-state index is 13.3. The molecule has 0 unspecified atom stereocenters. The number of para-hydroxylation sites is 1. The largest absolute Gasteiger partial charge is 0.488 e. The standard InChI is InChI=1S/C21H20FNO4/c1-14(20(24)23(2)12-15-6-5-8-18(22)10-15)27-21(25)17-11-16-7-3-4-9-19(16)26-13-17/h3-11,14H,12-13H2,1-2H3/t14-/m1/s1. The van der Waals surface area contributed by atoms with Crippen LogP contribution < -0.4 is 4.74 Å². The quantitative estimate of drug-likeness (QED) is 0.760. The van der Waals surface area contributed by atoms with Gasteiger partial charge >= 0.3 is 5.97 Å². The Morgan fingerprint density at radius 3 is 2.78 bits per heavy atom. The average Bonchev–Trinajstić information content (AvgIpc) is 2.66. The molecule has 0 N–H and O–H groups in total. The fourth-order valence-electron chi connectivity index (χ4n) is 2.82. The van der Waals surface area contributed by atoms with Crippen LogP contribution in [-0.4, -0.2) is 36.5 Å². The smallest absolute Gasteiger partial charge is 0.338 e. The maximum absolute atomic E-state index is 13.3. The van der Waals surface area contributed by atoms with E-state index in [4.69, 9.17) is 9.47 Å². The Morgan fingerprint density at radius 2 is 2.00 bits per heavy atom. The maximum Gasteiger partial charge on any atom is 0.338 e. The lowest BCUT2D eigenvalue weighted by atomic mass is 10.1. The number of hydrogen-bond donors (Lipinski definition) is 0. The molecule has 1 heterocycles. The molecule has 0 bridgehead atoms. The van der Waals surface area contributed by atoms with Gasteiger partial charge in [-0.15, -0.1) is 0 Å². The number of likely N-dealkylation sites (N-methyl/N-ethyl adjacent to an activating group) is 1. The molecule has 6 heteroatoms. The molecular formula is C21H20FNO4. The van der Waals surface area contributed by atoms with E-state index in [-0.39, 0.29) is 24.9 Å². The normalized spacial score (nSPS) is 13.7. The highest BCUT2D eigenvalue weighted by Gasteiger charge is 2.25. The number of fused-ring (bicyclic) bond motifs is 1. The van der Waals surface area contributed by atoms with E-state index in [9.17, 15) is 14.0 Å². The van der Waals surface area contributed by atoms with Gasteiger partial charge in [0.05, 0.1) is 5.57 Å². The Kier molecular flexibility index (Phi) is 5.54. The van der Waals surface area contributed by atoms with Gasteiger partial charge in [0, 0.05) is 19.2 Å². The number of carbonyl (C=O) groups is 2. The van der Waals surface area contributed by atoms with Crippen molar-refractivity contribution in [3.63, 3.8) is 0 Å². The summed E-state index contributed by atoms with van der Waals surface area (Å²) in [5.74, 6) is -0.625. The number of amides is 1. The zero-order valence-electron chi connectivity index (χ0n) is 15.1. The first kappa shape index (κ1) is 18.6. The molecule has 0 aliphatic carbocycles. The van der Waals surface area contributed by atoms with E-state index < -0.39 is 12.1 Å². The topological polar surface area (TPSA) is 55.8 Å². The molecule has 0 aromatic heterocycles. The molecule has 0 saturated carbocycles. The van der Waals surface area contributed by atoms with Gasteiger partial charge in [0.1, 0.15) is 18.2 Å². The third kappa shape index (κ3) is 4.53. The molecule has 3 rings (SSSR count). The van der Waals surface area contributed by atoms with Gasteiger partial charge in [0.25, 0.3) is 5.91 Å². The zero-order valence-corrected chi connectivity index (χ0v) is 15.1. The first-order valence-electron chi connectivity index (χ1n) is 8.57. The second-order valence-corrected chi connectivity index (χ2v) is 6.37. The number of benzene rings is 2. The van der Waals surface area contributed by atoms with Crippen molar-refractivity contribution in [2.75, 3.05) is 13.7 Å². The molecule has 2 aromatic rings. The summed E-state index contributed by atoms with van der Waals surface area (Å²) in [6, 6.07) is 13.4. The Bertz CT molecular complexity index is 893. The van der Waals surface area contributed by atoms with Gasteiger partial charge in [-0.3, -0.25) is 4.79 Å². The van der Waals surface area contributed by atoms with Crippen LogP contribution in [0.15, 0.2) is 54.1 Å². The van der Waals surface area contributed by atoms with E-state index in [0.717, 1.165) is 5.56 Å². The van der Waals surface area contributed by atoms with E-state index in [1.807, 2.05) is 24.3 Å². The number of halogens is 1. The third-order valence-corrected chi connectivity index (χ3v) is 4.21. The van der Waals surface area contributed by atoms with Crippen LogP contribution in [0.5, 0.6) is 5.75 Å². The van der Waals surface area contributed by atoms with E-state index in [2.05, 4.69) is 0 Å². The van der Waals surface area contributed by atoms with Crippen molar-refractivity contribution in [1.29, 1.82) is 0 Å². The predicted molar refractivity (Wildman–Crippen MR) is 98.3 cm³/mol. The minimum atomic E-state index is -0.964. The Balaban J connectivity index is 1.61. The number of carbonyl (C=O) groups excluding carboxylic acids is 2. The van der Waals surface area contributed by atoms with Crippen molar-refractivity contribution < 1.29 is 23.5 Å². The van der Waals surface area contributed by atoms with Crippen LogP contribution in [0, 0.1) is 5.82 Å². The van der Waals surface area contributed by atoms with Gasteiger partial charge in [-0.1, -0.05) is 30.3 Å². The molecule has 0 fully saturated rings. The molecule has 140 valence electrons. The van der Waals surface area contributed by atoms with Crippen molar-refractivity contribution in [2.45, 2.75) is 19.6 Å². The summed E-state index contributed by atoms with van der Waals surface area (Å²) in [6.07, 6.45) is 0.739. The van der Waals surface area contributed by atoms with Gasteiger partial charge in [-0.25, -0.2) is 9.18 Å². The summed E-state index contributed by atoms with van der Waals surface area (Å²) >= 11 is 0. The van der Waals surface area contributed by atoms with Gasteiger partial charge in [-0.2, -0.15) is 0 Å².